The van der Waals surface area contributed by atoms with Crippen LogP contribution in [0.4, 0.5) is 0 Å². The minimum absolute atomic E-state index is 1.07. The third-order valence-electron chi connectivity index (χ3n) is 2.32. The summed E-state index contributed by atoms with van der Waals surface area (Å²) in [7, 11) is 0. The number of nitrogens with one attached hydrogen (secondary N) is 1. The van der Waals surface area contributed by atoms with Gasteiger partial charge in [-0.3, -0.25) is 0 Å². The molecule has 67 valence electrons. The van der Waals surface area contributed by atoms with Crippen LogP contribution in [0.2, 0.25) is 0 Å². The Bertz CT molecular complexity index is 443. The molecule has 0 amide bonds. The number of rotatable bonds is 1. The lowest BCUT2D eigenvalue weighted by Gasteiger charge is -1.99. The summed E-state index contributed by atoms with van der Waals surface area (Å²) in [6, 6.07) is 4.31. The van der Waals surface area contributed by atoms with Crippen LogP contribution < -0.4 is 0 Å². The first-order valence-electron chi connectivity index (χ1n) is 4.34. The fourth-order valence-electron chi connectivity index (χ4n) is 1.54. The van der Waals surface area contributed by atoms with Crippen molar-refractivity contribution in [2.75, 3.05) is 0 Å². The molecule has 2 heteroatoms. The third kappa shape index (κ3) is 1.47. The van der Waals surface area contributed by atoms with Crippen molar-refractivity contribution in [1.29, 1.82) is 0 Å². The minimum atomic E-state index is 1.07. The monoisotopic (exact) mass is 284 g/mol. The molecule has 0 fully saturated rings. The zero-order chi connectivity index (χ0) is 9.42. The van der Waals surface area contributed by atoms with E-state index in [9.17, 15) is 0 Å². The molecule has 0 unspecified atom stereocenters. The average molecular weight is 284 g/mol. The molecule has 1 N–H and O–H groups in total. The predicted molar refractivity (Wildman–Crippen MR) is 64.9 cm³/mol. The van der Waals surface area contributed by atoms with E-state index in [1.54, 1.807) is 0 Å². The van der Waals surface area contributed by atoms with Crippen LogP contribution in [0.5, 0.6) is 0 Å². The molecule has 0 bridgehead atoms. The second-order valence-electron chi connectivity index (χ2n) is 3.16. The molecular weight excluding hydrogens is 273 g/mol. The topological polar surface area (TPSA) is 15.8 Å². The maximum absolute atomic E-state index is 4.00. The van der Waals surface area contributed by atoms with Gasteiger partial charge in [-0.25, -0.2) is 0 Å². The van der Waals surface area contributed by atoms with Crippen LogP contribution in [0, 0.1) is 10.5 Å². The maximum atomic E-state index is 4.00. The van der Waals surface area contributed by atoms with Gasteiger partial charge in [-0.05, 0) is 59.2 Å². The van der Waals surface area contributed by atoms with Crippen LogP contribution >= 0.6 is 22.6 Å². The smallest absolute Gasteiger partial charge is 0.0467 e. The summed E-state index contributed by atoms with van der Waals surface area (Å²) in [4.78, 5) is 3.27. The molecule has 1 heterocycles. The number of H-pyrrole nitrogens is 1. The summed E-state index contributed by atoms with van der Waals surface area (Å²) in [5.41, 5.74) is 3.70. The van der Waals surface area contributed by atoms with Crippen molar-refractivity contribution in [2.24, 2.45) is 0 Å². The zero-order valence-electron chi connectivity index (χ0n) is 7.52. The number of hydrogen-bond acceptors (Lipinski definition) is 0. The summed E-state index contributed by atoms with van der Waals surface area (Å²) in [6.07, 6.45) is 3.15. The second kappa shape index (κ2) is 3.33. The summed E-state index contributed by atoms with van der Waals surface area (Å²) in [5, 5.41) is 1.31. The highest BCUT2D eigenvalue weighted by Crippen LogP contribution is 2.23. The first kappa shape index (κ1) is 9.06. The standard InChI is InChI=1S/C11H11IN/c1-3-8-6-13-11-5-10(12)7(2)4-9(8)11/h4-6,13H,2-3H2,1H3. The lowest BCUT2D eigenvalue weighted by Crippen LogP contribution is -1.81. The molecule has 0 saturated carbocycles. The molecule has 1 aromatic heterocycles. The third-order valence-corrected chi connectivity index (χ3v) is 3.32. The van der Waals surface area contributed by atoms with Crippen molar-refractivity contribution < 1.29 is 0 Å². The summed E-state index contributed by atoms with van der Waals surface area (Å²) in [6.45, 7) is 6.17. The normalized spacial score (nSPS) is 11.0. The summed E-state index contributed by atoms with van der Waals surface area (Å²) >= 11 is 2.31. The van der Waals surface area contributed by atoms with E-state index in [1.165, 1.54) is 20.0 Å². The van der Waals surface area contributed by atoms with E-state index in [0.29, 0.717) is 0 Å². The Morgan fingerprint density at radius 3 is 2.92 bits per heavy atom. The van der Waals surface area contributed by atoms with Gasteiger partial charge in [0, 0.05) is 20.7 Å². The van der Waals surface area contributed by atoms with Crippen LogP contribution in [0.25, 0.3) is 10.9 Å². The number of aromatic nitrogens is 1. The fraction of sp³-hybridized carbons (Fsp3) is 0.182. The first-order chi connectivity index (χ1) is 6.22. The van der Waals surface area contributed by atoms with Gasteiger partial charge in [-0.2, -0.15) is 0 Å². The highest BCUT2D eigenvalue weighted by Gasteiger charge is 2.03. The Morgan fingerprint density at radius 2 is 2.23 bits per heavy atom. The fourth-order valence-corrected chi connectivity index (χ4v) is 2.01. The molecule has 0 atom stereocenters. The molecule has 1 radical (unpaired) electrons. The van der Waals surface area contributed by atoms with Crippen molar-refractivity contribution >= 4 is 33.5 Å². The minimum Gasteiger partial charge on any atom is -0.361 e. The Balaban J connectivity index is 2.77. The van der Waals surface area contributed by atoms with Crippen LogP contribution in [0.3, 0.4) is 0 Å². The number of benzene rings is 1. The van der Waals surface area contributed by atoms with Gasteiger partial charge in [0.15, 0.2) is 0 Å². The molecule has 13 heavy (non-hydrogen) atoms. The first-order valence-corrected chi connectivity index (χ1v) is 5.41. The van der Waals surface area contributed by atoms with Gasteiger partial charge in [0.2, 0.25) is 0 Å². The van der Waals surface area contributed by atoms with Crippen LogP contribution in [0.15, 0.2) is 18.3 Å². The highest BCUT2D eigenvalue weighted by molar-refractivity contribution is 14.1. The van der Waals surface area contributed by atoms with Gasteiger partial charge in [-0.1, -0.05) is 6.92 Å². The van der Waals surface area contributed by atoms with Gasteiger partial charge in [0.05, 0.1) is 0 Å². The number of halogens is 1. The lowest BCUT2D eigenvalue weighted by molar-refractivity contribution is 1.15. The molecule has 0 aliphatic heterocycles. The summed E-state index contributed by atoms with van der Waals surface area (Å²) < 4.78 is 1.22. The highest BCUT2D eigenvalue weighted by atomic mass is 127. The molecule has 2 aromatic rings. The molecule has 1 nitrogen and oxygen atoms in total. The molecule has 0 aliphatic rings. The SMILES string of the molecule is [CH2]c1cc2c(CC)c[nH]c2cc1I. The van der Waals surface area contributed by atoms with E-state index in [-0.39, 0.29) is 0 Å². The van der Waals surface area contributed by atoms with E-state index in [0.717, 1.165) is 12.0 Å². The summed E-state index contributed by atoms with van der Waals surface area (Å²) in [5.74, 6) is 0. The van der Waals surface area contributed by atoms with E-state index in [2.05, 4.69) is 59.8 Å². The number of aromatic amines is 1. The Kier molecular flexibility index (Phi) is 2.32. The van der Waals surface area contributed by atoms with E-state index in [4.69, 9.17) is 0 Å². The molecule has 1 aromatic carbocycles. The van der Waals surface area contributed by atoms with Crippen molar-refractivity contribution in [2.45, 2.75) is 13.3 Å². The van der Waals surface area contributed by atoms with Crippen molar-refractivity contribution in [3.63, 3.8) is 0 Å². The molecule has 0 saturated heterocycles. The van der Waals surface area contributed by atoms with E-state index >= 15 is 0 Å². The Labute approximate surface area is 91.7 Å². The lowest BCUT2D eigenvalue weighted by atomic mass is 10.1. The number of fused-ring (bicyclic) bond motifs is 1. The van der Waals surface area contributed by atoms with Crippen molar-refractivity contribution in [3.05, 3.63) is 40.0 Å². The number of hydrogen-bond donors (Lipinski definition) is 1. The molecule has 0 spiro atoms. The number of aryl methyl sites for hydroxylation is 1. The van der Waals surface area contributed by atoms with Crippen molar-refractivity contribution in [3.8, 4) is 0 Å². The van der Waals surface area contributed by atoms with Gasteiger partial charge >= 0.3 is 0 Å². The zero-order valence-corrected chi connectivity index (χ0v) is 9.68. The van der Waals surface area contributed by atoms with Gasteiger partial charge in [-0.15, -0.1) is 0 Å². The van der Waals surface area contributed by atoms with Crippen LogP contribution in [0.1, 0.15) is 18.1 Å². The van der Waals surface area contributed by atoms with E-state index in [1.807, 2.05) is 0 Å². The average Bonchev–Trinajstić information content (AvgIpc) is 2.48. The predicted octanol–water partition coefficient (Wildman–Crippen LogP) is 3.52. The Hall–Kier alpha value is -0.510. The molecular formula is C11H11IN. The largest absolute Gasteiger partial charge is 0.361 e. The quantitative estimate of drug-likeness (QED) is 0.771. The van der Waals surface area contributed by atoms with Gasteiger partial charge < -0.3 is 4.98 Å². The van der Waals surface area contributed by atoms with Crippen molar-refractivity contribution in [1.82, 2.24) is 4.98 Å². The molecule has 0 aliphatic carbocycles. The molecule has 2 rings (SSSR count). The van der Waals surface area contributed by atoms with Gasteiger partial charge in [0.25, 0.3) is 0 Å². The second-order valence-corrected chi connectivity index (χ2v) is 4.32. The van der Waals surface area contributed by atoms with Crippen LogP contribution in [-0.2, 0) is 6.42 Å². The van der Waals surface area contributed by atoms with Gasteiger partial charge in [0.1, 0.15) is 0 Å². The van der Waals surface area contributed by atoms with Crippen LogP contribution in [-0.4, -0.2) is 4.98 Å². The maximum Gasteiger partial charge on any atom is 0.0467 e. The Morgan fingerprint density at radius 1 is 1.46 bits per heavy atom. The van der Waals surface area contributed by atoms with E-state index < -0.39 is 0 Å².